The van der Waals surface area contributed by atoms with Crippen LogP contribution in [0.5, 0.6) is 0 Å². The van der Waals surface area contributed by atoms with Gasteiger partial charge in [0.1, 0.15) is 11.6 Å². The Morgan fingerprint density at radius 2 is 2.15 bits per heavy atom. The molecule has 0 aliphatic heterocycles. The maximum absolute atomic E-state index is 12.3. The number of rotatable bonds is 8. The average Bonchev–Trinajstić information content (AvgIpc) is 3.17. The minimum Gasteiger partial charge on any atom is -0.453 e. The SMILES string of the molecule is CCCn1nnnc1COC(=O)/C(C#N)=C/c1cc(C)n(CC(C)C)c1C. The van der Waals surface area contributed by atoms with Crippen molar-refractivity contribution in [1.29, 1.82) is 5.26 Å². The van der Waals surface area contributed by atoms with E-state index in [1.807, 2.05) is 32.9 Å². The number of aromatic nitrogens is 5. The highest BCUT2D eigenvalue weighted by molar-refractivity contribution is 5.98. The minimum absolute atomic E-state index is 0.0469. The second kappa shape index (κ2) is 9.12. The predicted molar refractivity (Wildman–Crippen MR) is 100 cm³/mol. The molecule has 27 heavy (non-hydrogen) atoms. The van der Waals surface area contributed by atoms with Gasteiger partial charge in [-0.05, 0) is 54.3 Å². The highest BCUT2D eigenvalue weighted by Gasteiger charge is 2.16. The summed E-state index contributed by atoms with van der Waals surface area (Å²) >= 11 is 0. The topological polar surface area (TPSA) is 98.6 Å². The number of hydrogen-bond donors (Lipinski definition) is 0. The van der Waals surface area contributed by atoms with E-state index >= 15 is 0 Å². The lowest BCUT2D eigenvalue weighted by Gasteiger charge is -2.12. The largest absolute Gasteiger partial charge is 0.453 e. The molecule has 0 amide bonds. The maximum Gasteiger partial charge on any atom is 0.349 e. The van der Waals surface area contributed by atoms with E-state index in [4.69, 9.17) is 4.74 Å². The number of esters is 1. The summed E-state index contributed by atoms with van der Waals surface area (Å²) < 4.78 is 9.02. The second-order valence-corrected chi connectivity index (χ2v) is 6.90. The molecule has 0 N–H and O–H groups in total. The first-order valence-corrected chi connectivity index (χ1v) is 9.08. The molecule has 0 atom stereocenters. The molecule has 2 rings (SSSR count). The van der Waals surface area contributed by atoms with Crippen molar-refractivity contribution in [3.8, 4) is 6.07 Å². The Kier molecular flexibility index (Phi) is 6.88. The third-order valence-corrected chi connectivity index (χ3v) is 4.17. The van der Waals surface area contributed by atoms with Crippen LogP contribution in [0.25, 0.3) is 6.08 Å². The molecule has 0 radical (unpaired) electrons. The molecule has 2 heterocycles. The lowest BCUT2D eigenvalue weighted by Crippen LogP contribution is -2.12. The van der Waals surface area contributed by atoms with Gasteiger partial charge in [0.05, 0.1) is 0 Å². The second-order valence-electron chi connectivity index (χ2n) is 6.90. The molecule has 144 valence electrons. The van der Waals surface area contributed by atoms with Crippen molar-refractivity contribution < 1.29 is 9.53 Å². The summed E-state index contributed by atoms with van der Waals surface area (Å²) in [7, 11) is 0. The summed E-state index contributed by atoms with van der Waals surface area (Å²) in [6, 6.07) is 3.91. The average molecular weight is 370 g/mol. The van der Waals surface area contributed by atoms with Gasteiger partial charge in [0.25, 0.3) is 0 Å². The summed E-state index contributed by atoms with van der Waals surface area (Å²) in [4.78, 5) is 12.3. The summed E-state index contributed by atoms with van der Waals surface area (Å²) in [6.07, 6.45) is 2.44. The van der Waals surface area contributed by atoms with Crippen LogP contribution in [0.2, 0.25) is 0 Å². The molecule has 0 bridgehead atoms. The molecule has 0 fully saturated rings. The van der Waals surface area contributed by atoms with Crippen LogP contribution in [0.3, 0.4) is 0 Å². The fourth-order valence-corrected chi connectivity index (χ4v) is 2.83. The van der Waals surface area contributed by atoms with Crippen molar-refractivity contribution in [2.24, 2.45) is 5.92 Å². The van der Waals surface area contributed by atoms with Crippen molar-refractivity contribution >= 4 is 12.0 Å². The number of carbonyl (C=O) groups excluding carboxylic acids is 1. The predicted octanol–water partition coefficient (Wildman–Crippen LogP) is 2.81. The number of aryl methyl sites for hydroxylation is 2. The van der Waals surface area contributed by atoms with Crippen LogP contribution in [0.4, 0.5) is 0 Å². The first kappa shape index (κ1) is 20.4. The van der Waals surface area contributed by atoms with Gasteiger partial charge in [-0.15, -0.1) is 5.10 Å². The molecular formula is C19H26N6O2. The third kappa shape index (κ3) is 5.03. The normalized spacial score (nSPS) is 11.7. The molecule has 2 aromatic heterocycles. The number of nitriles is 1. The lowest BCUT2D eigenvalue weighted by molar-refractivity contribution is -0.140. The maximum atomic E-state index is 12.3. The highest BCUT2D eigenvalue weighted by Crippen LogP contribution is 2.20. The van der Waals surface area contributed by atoms with Gasteiger partial charge in [-0.25, -0.2) is 9.48 Å². The smallest absolute Gasteiger partial charge is 0.349 e. The number of nitrogens with zero attached hydrogens (tertiary/aromatic N) is 6. The van der Waals surface area contributed by atoms with E-state index in [2.05, 4.69) is 33.9 Å². The van der Waals surface area contributed by atoms with Crippen LogP contribution in [0.1, 0.15) is 50.0 Å². The molecule has 0 unspecified atom stereocenters. The molecule has 8 heteroatoms. The number of hydrogen-bond acceptors (Lipinski definition) is 6. The standard InChI is InChI=1S/C19H26N6O2/c1-6-7-25-18(21-22-23-25)12-27-19(26)17(10-20)9-16-8-14(4)24(15(16)5)11-13(2)3/h8-9,13H,6-7,11-12H2,1-5H3/b17-9+. The zero-order chi connectivity index (χ0) is 20.0. The lowest BCUT2D eigenvalue weighted by atomic mass is 10.1. The molecule has 0 spiro atoms. The highest BCUT2D eigenvalue weighted by atomic mass is 16.5. The summed E-state index contributed by atoms with van der Waals surface area (Å²) in [5, 5.41) is 20.7. The van der Waals surface area contributed by atoms with Crippen LogP contribution >= 0.6 is 0 Å². The fourth-order valence-electron chi connectivity index (χ4n) is 2.83. The van der Waals surface area contributed by atoms with E-state index in [1.165, 1.54) is 0 Å². The number of tetrazole rings is 1. The zero-order valence-corrected chi connectivity index (χ0v) is 16.6. The summed E-state index contributed by atoms with van der Waals surface area (Å²) in [5.74, 6) is 0.274. The summed E-state index contributed by atoms with van der Waals surface area (Å²) in [5.41, 5.74) is 2.91. The van der Waals surface area contributed by atoms with Gasteiger partial charge in [-0.2, -0.15) is 5.26 Å². The van der Waals surface area contributed by atoms with Crippen molar-refractivity contribution in [2.45, 2.75) is 60.7 Å². The molecule has 0 aliphatic carbocycles. The van der Waals surface area contributed by atoms with Crippen molar-refractivity contribution in [1.82, 2.24) is 24.8 Å². The van der Waals surface area contributed by atoms with Crippen molar-refractivity contribution in [3.63, 3.8) is 0 Å². The van der Waals surface area contributed by atoms with Crippen LogP contribution < -0.4 is 0 Å². The van der Waals surface area contributed by atoms with Crippen molar-refractivity contribution in [2.75, 3.05) is 0 Å². The first-order chi connectivity index (χ1) is 12.9. The van der Waals surface area contributed by atoms with E-state index in [1.54, 1.807) is 10.8 Å². The van der Waals surface area contributed by atoms with E-state index in [0.717, 1.165) is 29.9 Å². The van der Waals surface area contributed by atoms with Crippen molar-refractivity contribution in [3.05, 3.63) is 34.4 Å². The third-order valence-electron chi connectivity index (χ3n) is 4.17. The van der Waals surface area contributed by atoms with E-state index in [9.17, 15) is 10.1 Å². The molecule has 0 saturated carbocycles. The van der Waals surface area contributed by atoms with Crippen LogP contribution in [0.15, 0.2) is 11.6 Å². The Morgan fingerprint density at radius 1 is 1.41 bits per heavy atom. The Balaban J connectivity index is 2.15. The summed E-state index contributed by atoms with van der Waals surface area (Å²) in [6.45, 7) is 11.8. The first-order valence-electron chi connectivity index (χ1n) is 9.08. The fraction of sp³-hybridized carbons (Fsp3) is 0.526. The van der Waals surface area contributed by atoms with Gasteiger partial charge < -0.3 is 9.30 Å². The molecule has 0 saturated heterocycles. The quantitative estimate of drug-likeness (QED) is 0.402. The monoisotopic (exact) mass is 370 g/mol. The van der Waals surface area contributed by atoms with Gasteiger partial charge in [0.15, 0.2) is 12.4 Å². The molecular weight excluding hydrogens is 344 g/mol. The van der Waals surface area contributed by atoms with Crippen LogP contribution in [-0.2, 0) is 29.2 Å². The van der Waals surface area contributed by atoms with E-state index in [-0.39, 0.29) is 12.2 Å². The number of carbonyl (C=O) groups is 1. The Hall–Kier alpha value is -2.95. The van der Waals surface area contributed by atoms with E-state index < -0.39 is 5.97 Å². The van der Waals surface area contributed by atoms with Crippen LogP contribution in [0, 0.1) is 31.1 Å². The molecule has 0 aromatic carbocycles. The van der Waals surface area contributed by atoms with Gasteiger partial charge in [-0.1, -0.05) is 20.8 Å². The van der Waals surface area contributed by atoms with E-state index in [0.29, 0.717) is 18.3 Å². The zero-order valence-electron chi connectivity index (χ0n) is 16.6. The molecule has 0 aliphatic rings. The number of ether oxygens (including phenoxy) is 1. The van der Waals surface area contributed by atoms with Gasteiger partial charge in [0.2, 0.25) is 0 Å². The van der Waals surface area contributed by atoms with Gasteiger partial charge in [0, 0.05) is 24.5 Å². The van der Waals surface area contributed by atoms with Crippen LogP contribution in [-0.4, -0.2) is 30.7 Å². The van der Waals surface area contributed by atoms with Gasteiger partial charge >= 0.3 is 5.97 Å². The Bertz CT molecular complexity index is 869. The minimum atomic E-state index is -0.683. The molecule has 2 aromatic rings. The molecule has 8 nitrogen and oxygen atoms in total. The van der Waals surface area contributed by atoms with Gasteiger partial charge in [-0.3, -0.25) is 0 Å². The Morgan fingerprint density at radius 3 is 2.78 bits per heavy atom. The Labute approximate surface area is 159 Å².